The first-order chi connectivity index (χ1) is 6.36. The Morgan fingerprint density at radius 2 is 1.92 bits per heavy atom. The van der Waals surface area contributed by atoms with E-state index in [-0.39, 0.29) is 0 Å². The lowest BCUT2D eigenvalue weighted by molar-refractivity contribution is 0.412. The molecule has 13 heavy (non-hydrogen) atoms. The standard InChI is InChI=1S/C11H16N2/c12-10-6-4-9(5-7-10)11-3-1-2-8-13-11/h4-7,11,13H,1-3,8,12H2. The molecule has 2 nitrogen and oxygen atoms in total. The largest absolute Gasteiger partial charge is 0.399 e. The summed E-state index contributed by atoms with van der Waals surface area (Å²) in [7, 11) is 0. The van der Waals surface area contributed by atoms with E-state index in [9.17, 15) is 0 Å². The lowest BCUT2D eigenvalue weighted by Crippen LogP contribution is -2.26. The van der Waals surface area contributed by atoms with Crippen molar-refractivity contribution in [2.75, 3.05) is 12.3 Å². The topological polar surface area (TPSA) is 38.0 Å². The van der Waals surface area contributed by atoms with Crippen molar-refractivity contribution < 1.29 is 0 Å². The molecule has 0 aromatic heterocycles. The van der Waals surface area contributed by atoms with E-state index in [4.69, 9.17) is 5.73 Å². The maximum absolute atomic E-state index is 5.64. The third kappa shape index (κ3) is 2.01. The van der Waals surface area contributed by atoms with Crippen molar-refractivity contribution in [1.29, 1.82) is 0 Å². The normalized spacial score (nSPS) is 22.9. The lowest BCUT2D eigenvalue weighted by Gasteiger charge is -2.23. The van der Waals surface area contributed by atoms with Gasteiger partial charge in [-0.25, -0.2) is 0 Å². The first kappa shape index (κ1) is 8.57. The number of hydrogen-bond donors (Lipinski definition) is 2. The van der Waals surface area contributed by atoms with Crippen molar-refractivity contribution >= 4 is 5.69 Å². The fourth-order valence-electron chi connectivity index (χ4n) is 1.86. The number of hydrogen-bond acceptors (Lipinski definition) is 2. The van der Waals surface area contributed by atoms with Crippen LogP contribution in [0, 0.1) is 0 Å². The van der Waals surface area contributed by atoms with Gasteiger partial charge in [-0.2, -0.15) is 0 Å². The van der Waals surface area contributed by atoms with Gasteiger partial charge in [-0.3, -0.25) is 0 Å². The van der Waals surface area contributed by atoms with Gasteiger partial charge in [0.25, 0.3) is 0 Å². The van der Waals surface area contributed by atoms with E-state index in [1.165, 1.54) is 24.8 Å². The second-order valence-corrected chi connectivity index (χ2v) is 3.67. The zero-order valence-corrected chi connectivity index (χ0v) is 7.79. The number of rotatable bonds is 1. The average Bonchev–Trinajstić information content (AvgIpc) is 2.20. The Morgan fingerprint density at radius 3 is 2.54 bits per heavy atom. The van der Waals surface area contributed by atoms with Gasteiger partial charge in [-0.1, -0.05) is 18.6 Å². The van der Waals surface area contributed by atoms with E-state index in [1.54, 1.807) is 0 Å². The second-order valence-electron chi connectivity index (χ2n) is 3.67. The molecule has 70 valence electrons. The van der Waals surface area contributed by atoms with Crippen molar-refractivity contribution in [2.24, 2.45) is 0 Å². The van der Waals surface area contributed by atoms with Crippen molar-refractivity contribution in [2.45, 2.75) is 25.3 Å². The summed E-state index contributed by atoms with van der Waals surface area (Å²) in [5, 5.41) is 3.51. The summed E-state index contributed by atoms with van der Waals surface area (Å²) in [5.74, 6) is 0. The molecule has 0 spiro atoms. The quantitative estimate of drug-likeness (QED) is 0.643. The predicted octanol–water partition coefficient (Wildman–Crippen LogP) is 2.08. The van der Waals surface area contributed by atoms with Crippen LogP contribution in [0.25, 0.3) is 0 Å². The van der Waals surface area contributed by atoms with Crippen LogP contribution in [0.15, 0.2) is 24.3 Å². The zero-order chi connectivity index (χ0) is 9.10. The highest BCUT2D eigenvalue weighted by Crippen LogP contribution is 2.23. The molecule has 1 saturated heterocycles. The molecule has 1 fully saturated rings. The Hall–Kier alpha value is -1.02. The molecule has 1 atom stereocenters. The summed E-state index contributed by atoms with van der Waals surface area (Å²) in [4.78, 5) is 0. The summed E-state index contributed by atoms with van der Waals surface area (Å²) in [6.45, 7) is 1.15. The van der Waals surface area contributed by atoms with Crippen LogP contribution >= 0.6 is 0 Å². The predicted molar refractivity (Wildman–Crippen MR) is 55.4 cm³/mol. The van der Waals surface area contributed by atoms with Gasteiger partial charge in [-0.05, 0) is 37.1 Å². The molecule has 2 heteroatoms. The monoisotopic (exact) mass is 176 g/mol. The molecule has 1 unspecified atom stereocenters. The molecule has 0 aliphatic carbocycles. The van der Waals surface area contributed by atoms with Gasteiger partial charge in [0, 0.05) is 11.7 Å². The van der Waals surface area contributed by atoms with E-state index in [1.807, 2.05) is 12.1 Å². The molecule has 1 heterocycles. The van der Waals surface area contributed by atoms with Gasteiger partial charge in [0.2, 0.25) is 0 Å². The van der Waals surface area contributed by atoms with Crippen LogP contribution in [0.4, 0.5) is 5.69 Å². The third-order valence-electron chi connectivity index (χ3n) is 2.65. The number of nitrogens with one attached hydrogen (secondary N) is 1. The maximum atomic E-state index is 5.64. The van der Waals surface area contributed by atoms with Gasteiger partial charge in [-0.15, -0.1) is 0 Å². The fourth-order valence-corrected chi connectivity index (χ4v) is 1.86. The first-order valence-electron chi connectivity index (χ1n) is 4.95. The van der Waals surface area contributed by atoms with Crippen LogP contribution < -0.4 is 11.1 Å². The van der Waals surface area contributed by atoms with Crippen LogP contribution in [0.2, 0.25) is 0 Å². The number of piperidine rings is 1. The number of benzene rings is 1. The summed E-state index contributed by atoms with van der Waals surface area (Å²) in [6.07, 6.45) is 3.90. The van der Waals surface area contributed by atoms with Crippen LogP contribution in [-0.4, -0.2) is 6.54 Å². The molecule has 3 N–H and O–H groups in total. The molecule has 0 saturated carbocycles. The minimum atomic E-state index is 0.550. The molecule has 1 aromatic rings. The lowest BCUT2D eigenvalue weighted by atomic mass is 9.97. The highest BCUT2D eigenvalue weighted by Gasteiger charge is 2.13. The number of nitrogen functional groups attached to an aromatic ring is 1. The van der Waals surface area contributed by atoms with Gasteiger partial charge in [0.15, 0.2) is 0 Å². The van der Waals surface area contributed by atoms with Gasteiger partial charge in [0.1, 0.15) is 0 Å². The van der Waals surface area contributed by atoms with Crippen molar-refractivity contribution in [3.8, 4) is 0 Å². The molecule has 0 amide bonds. The molecular formula is C11H16N2. The highest BCUT2D eigenvalue weighted by molar-refractivity contribution is 5.40. The second kappa shape index (κ2) is 3.79. The van der Waals surface area contributed by atoms with Crippen LogP contribution in [0.3, 0.4) is 0 Å². The highest BCUT2D eigenvalue weighted by atomic mass is 14.9. The van der Waals surface area contributed by atoms with Crippen LogP contribution in [0.1, 0.15) is 30.9 Å². The van der Waals surface area contributed by atoms with Crippen molar-refractivity contribution in [1.82, 2.24) is 5.32 Å². The molecule has 0 bridgehead atoms. The summed E-state index contributed by atoms with van der Waals surface area (Å²) in [5.41, 5.74) is 7.85. The Labute approximate surface area is 79.1 Å². The Balaban J connectivity index is 2.10. The molecule has 1 aliphatic rings. The minimum Gasteiger partial charge on any atom is -0.399 e. The van der Waals surface area contributed by atoms with Gasteiger partial charge < -0.3 is 11.1 Å². The van der Waals surface area contributed by atoms with Crippen molar-refractivity contribution in [3.05, 3.63) is 29.8 Å². The Kier molecular flexibility index (Phi) is 2.50. The van der Waals surface area contributed by atoms with E-state index >= 15 is 0 Å². The minimum absolute atomic E-state index is 0.550. The van der Waals surface area contributed by atoms with E-state index < -0.39 is 0 Å². The number of anilines is 1. The van der Waals surface area contributed by atoms with E-state index in [2.05, 4.69) is 17.4 Å². The summed E-state index contributed by atoms with van der Waals surface area (Å²) in [6, 6.07) is 8.75. The van der Waals surface area contributed by atoms with Crippen molar-refractivity contribution in [3.63, 3.8) is 0 Å². The number of nitrogens with two attached hydrogens (primary N) is 1. The SMILES string of the molecule is Nc1ccc(C2CCCCN2)cc1. The molecule has 1 aromatic carbocycles. The van der Waals surface area contributed by atoms with Crippen LogP contribution in [0.5, 0.6) is 0 Å². The Bertz CT molecular complexity index is 260. The smallest absolute Gasteiger partial charge is 0.0320 e. The molecule has 2 rings (SSSR count). The summed E-state index contributed by atoms with van der Waals surface area (Å²) >= 11 is 0. The zero-order valence-electron chi connectivity index (χ0n) is 7.79. The summed E-state index contributed by atoms with van der Waals surface area (Å²) < 4.78 is 0. The molecule has 1 aliphatic heterocycles. The molecular weight excluding hydrogens is 160 g/mol. The van der Waals surface area contributed by atoms with E-state index in [0.29, 0.717) is 6.04 Å². The Morgan fingerprint density at radius 1 is 1.15 bits per heavy atom. The first-order valence-corrected chi connectivity index (χ1v) is 4.95. The van der Waals surface area contributed by atoms with Crippen LogP contribution in [-0.2, 0) is 0 Å². The maximum Gasteiger partial charge on any atom is 0.0320 e. The third-order valence-corrected chi connectivity index (χ3v) is 2.65. The van der Waals surface area contributed by atoms with E-state index in [0.717, 1.165) is 12.2 Å². The van der Waals surface area contributed by atoms with Gasteiger partial charge in [0.05, 0.1) is 0 Å². The van der Waals surface area contributed by atoms with Gasteiger partial charge >= 0.3 is 0 Å². The fraction of sp³-hybridized carbons (Fsp3) is 0.455. The molecule has 0 radical (unpaired) electrons. The average molecular weight is 176 g/mol.